The molecule has 104 valence electrons. The lowest BCUT2D eigenvalue weighted by Gasteiger charge is -2.33. The van der Waals surface area contributed by atoms with E-state index >= 15 is 0 Å². The third-order valence-corrected chi connectivity index (χ3v) is 3.48. The van der Waals surface area contributed by atoms with Gasteiger partial charge in [0.1, 0.15) is 6.54 Å². The zero-order valence-electron chi connectivity index (χ0n) is 11.6. The molecule has 1 saturated carbocycles. The summed E-state index contributed by atoms with van der Waals surface area (Å²) >= 11 is 0. The summed E-state index contributed by atoms with van der Waals surface area (Å²) in [5, 5.41) is 8.90. The fourth-order valence-corrected chi connectivity index (χ4v) is 2.02. The van der Waals surface area contributed by atoms with Crippen molar-refractivity contribution in [1.82, 2.24) is 9.80 Å². The highest BCUT2D eigenvalue weighted by atomic mass is 16.4. The molecule has 1 fully saturated rings. The molecule has 1 atom stereocenters. The molecule has 0 aromatic rings. The Hall–Kier alpha value is -1.26. The largest absolute Gasteiger partial charge is 0.480 e. The van der Waals surface area contributed by atoms with Crippen molar-refractivity contribution < 1.29 is 14.7 Å². The van der Waals surface area contributed by atoms with Crippen molar-refractivity contribution in [3.05, 3.63) is 0 Å². The number of amides is 2. The van der Waals surface area contributed by atoms with Gasteiger partial charge >= 0.3 is 12.0 Å². The van der Waals surface area contributed by atoms with Gasteiger partial charge in [0.2, 0.25) is 0 Å². The van der Waals surface area contributed by atoms with E-state index in [0.29, 0.717) is 19.0 Å². The van der Waals surface area contributed by atoms with Crippen molar-refractivity contribution in [1.29, 1.82) is 0 Å². The minimum Gasteiger partial charge on any atom is -0.480 e. The topological polar surface area (TPSA) is 60.9 Å². The van der Waals surface area contributed by atoms with Crippen LogP contribution < -0.4 is 0 Å². The number of hydrogen-bond acceptors (Lipinski definition) is 2. The average molecular weight is 256 g/mol. The first-order valence-electron chi connectivity index (χ1n) is 6.76. The standard InChI is InChI=1S/C13H24N2O3/c1-4-10(3)15(5-2)13(18)14(9-12(16)17)8-11-6-7-11/h10-11H,4-9H2,1-3H3,(H,16,17). The van der Waals surface area contributed by atoms with Gasteiger partial charge < -0.3 is 14.9 Å². The van der Waals surface area contributed by atoms with Crippen LogP contribution >= 0.6 is 0 Å². The first-order chi connectivity index (χ1) is 8.49. The molecular formula is C13H24N2O3. The van der Waals surface area contributed by atoms with Crippen LogP contribution in [0.25, 0.3) is 0 Å². The summed E-state index contributed by atoms with van der Waals surface area (Å²) in [6.07, 6.45) is 3.10. The number of carboxylic acid groups (broad SMARTS) is 1. The minimum atomic E-state index is -0.941. The fraction of sp³-hybridized carbons (Fsp3) is 0.846. The van der Waals surface area contributed by atoms with Crippen molar-refractivity contribution in [3.8, 4) is 0 Å². The van der Waals surface area contributed by atoms with Gasteiger partial charge in [-0.15, -0.1) is 0 Å². The predicted octanol–water partition coefficient (Wildman–Crippen LogP) is 2.02. The lowest BCUT2D eigenvalue weighted by atomic mass is 10.2. The van der Waals surface area contributed by atoms with Gasteiger partial charge in [-0.2, -0.15) is 0 Å². The maximum Gasteiger partial charge on any atom is 0.323 e. The van der Waals surface area contributed by atoms with Crippen LogP contribution in [0, 0.1) is 5.92 Å². The number of rotatable bonds is 7. The van der Waals surface area contributed by atoms with E-state index in [-0.39, 0.29) is 18.6 Å². The monoisotopic (exact) mass is 256 g/mol. The van der Waals surface area contributed by atoms with Crippen LogP contribution in [0.2, 0.25) is 0 Å². The normalized spacial score (nSPS) is 16.2. The molecule has 0 aromatic heterocycles. The highest BCUT2D eigenvalue weighted by Gasteiger charge is 2.30. The lowest BCUT2D eigenvalue weighted by Crippen LogP contribution is -2.49. The van der Waals surface area contributed by atoms with E-state index in [0.717, 1.165) is 19.3 Å². The van der Waals surface area contributed by atoms with E-state index in [1.54, 1.807) is 4.90 Å². The van der Waals surface area contributed by atoms with Gasteiger partial charge in [-0.1, -0.05) is 6.92 Å². The molecule has 1 rings (SSSR count). The Labute approximate surface area is 109 Å². The molecule has 0 radical (unpaired) electrons. The van der Waals surface area contributed by atoms with Crippen LogP contribution in [0.5, 0.6) is 0 Å². The molecule has 18 heavy (non-hydrogen) atoms. The van der Waals surface area contributed by atoms with E-state index in [2.05, 4.69) is 0 Å². The van der Waals surface area contributed by atoms with Crippen molar-refractivity contribution in [2.45, 2.75) is 46.1 Å². The molecule has 1 N–H and O–H groups in total. The Balaban J connectivity index is 2.68. The molecule has 5 heteroatoms. The zero-order valence-corrected chi connectivity index (χ0v) is 11.6. The van der Waals surface area contributed by atoms with Crippen LogP contribution in [0.3, 0.4) is 0 Å². The predicted molar refractivity (Wildman–Crippen MR) is 69.5 cm³/mol. The number of nitrogens with zero attached hydrogens (tertiary/aromatic N) is 2. The second kappa shape index (κ2) is 6.61. The minimum absolute atomic E-state index is 0.138. The van der Waals surface area contributed by atoms with Crippen LogP contribution in [0.1, 0.15) is 40.0 Å². The van der Waals surface area contributed by atoms with Crippen molar-refractivity contribution in [2.24, 2.45) is 5.92 Å². The molecule has 0 bridgehead atoms. The summed E-state index contributed by atoms with van der Waals surface area (Å²) in [5.74, 6) is -0.437. The molecule has 1 aliphatic rings. The summed E-state index contributed by atoms with van der Waals surface area (Å²) in [7, 11) is 0. The third-order valence-electron chi connectivity index (χ3n) is 3.48. The highest BCUT2D eigenvalue weighted by molar-refractivity contribution is 5.80. The molecule has 0 saturated heterocycles. The number of aliphatic carboxylic acids is 1. The quantitative estimate of drug-likeness (QED) is 0.758. The van der Waals surface area contributed by atoms with Crippen LogP contribution in [-0.2, 0) is 4.79 Å². The molecule has 0 aliphatic heterocycles. The summed E-state index contributed by atoms with van der Waals surface area (Å²) in [6, 6.07) is 0.0131. The van der Waals surface area contributed by atoms with Crippen molar-refractivity contribution in [3.63, 3.8) is 0 Å². The molecular weight excluding hydrogens is 232 g/mol. The van der Waals surface area contributed by atoms with Gasteiger partial charge in [0, 0.05) is 19.1 Å². The van der Waals surface area contributed by atoms with E-state index in [9.17, 15) is 9.59 Å². The van der Waals surface area contributed by atoms with E-state index < -0.39 is 5.97 Å². The second-order valence-corrected chi connectivity index (χ2v) is 5.04. The van der Waals surface area contributed by atoms with Gasteiger partial charge in [0.05, 0.1) is 0 Å². The fourth-order valence-electron chi connectivity index (χ4n) is 2.02. The lowest BCUT2D eigenvalue weighted by molar-refractivity contribution is -0.137. The van der Waals surface area contributed by atoms with E-state index in [1.807, 2.05) is 20.8 Å². The zero-order chi connectivity index (χ0) is 13.7. The molecule has 0 spiro atoms. The number of hydrogen-bond donors (Lipinski definition) is 1. The number of carbonyl (C=O) groups is 2. The number of carboxylic acids is 1. The van der Waals surface area contributed by atoms with Crippen molar-refractivity contribution >= 4 is 12.0 Å². The van der Waals surface area contributed by atoms with Crippen LogP contribution in [0.4, 0.5) is 4.79 Å². The van der Waals surface area contributed by atoms with Crippen LogP contribution in [0.15, 0.2) is 0 Å². The SMILES string of the molecule is CCC(C)N(CC)C(=O)N(CC(=O)O)CC1CC1. The maximum atomic E-state index is 12.4. The summed E-state index contributed by atoms with van der Waals surface area (Å²) in [6.45, 7) is 6.97. The van der Waals surface area contributed by atoms with E-state index in [4.69, 9.17) is 5.11 Å². The molecule has 1 unspecified atom stereocenters. The molecule has 2 amide bonds. The summed E-state index contributed by atoms with van der Waals surface area (Å²) < 4.78 is 0. The Morgan fingerprint density at radius 3 is 2.33 bits per heavy atom. The number of urea groups is 1. The Kier molecular flexibility index (Phi) is 5.44. The smallest absolute Gasteiger partial charge is 0.323 e. The maximum absolute atomic E-state index is 12.4. The third kappa shape index (κ3) is 4.20. The van der Waals surface area contributed by atoms with Gasteiger partial charge in [-0.25, -0.2) is 4.79 Å². The van der Waals surface area contributed by atoms with Gasteiger partial charge in [0.25, 0.3) is 0 Å². The Morgan fingerprint density at radius 2 is 1.94 bits per heavy atom. The Morgan fingerprint density at radius 1 is 1.33 bits per heavy atom. The molecule has 0 heterocycles. The van der Waals surface area contributed by atoms with Crippen molar-refractivity contribution in [2.75, 3.05) is 19.6 Å². The Bertz CT molecular complexity index is 303. The van der Waals surface area contributed by atoms with Gasteiger partial charge in [-0.3, -0.25) is 4.79 Å². The second-order valence-electron chi connectivity index (χ2n) is 5.04. The van der Waals surface area contributed by atoms with E-state index in [1.165, 1.54) is 4.90 Å². The summed E-state index contributed by atoms with van der Waals surface area (Å²) in [5.41, 5.74) is 0. The van der Waals surface area contributed by atoms with Gasteiger partial charge in [0.15, 0.2) is 0 Å². The molecule has 1 aliphatic carbocycles. The highest BCUT2D eigenvalue weighted by Crippen LogP contribution is 2.30. The average Bonchev–Trinajstić information content (AvgIpc) is 3.12. The summed E-state index contributed by atoms with van der Waals surface area (Å²) in [4.78, 5) is 26.5. The van der Waals surface area contributed by atoms with Crippen LogP contribution in [-0.4, -0.2) is 52.6 Å². The molecule has 5 nitrogen and oxygen atoms in total. The van der Waals surface area contributed by atoms with Gasteiger partial charge in [-0.05, 0) is 39.0 Å². The number of carbonyl (C=O) groups excluding carboxylic acids is 1. The molecule has 0 aromatic carbocycles. The first-order valence-corrected chi connectivity index (χ1v) is 6.76. The first kappa shape index (κ1) is 14.8.